The predicted octanol–water partition coefficient (Wildman–Crippen LogP) is 4.71. The molecule has 0 spiro atoms. The quantitative estimate of drug-likeness (QED) is 0.302. The fourth-order valence-electron chi connectivity index (χ4n) is 2.46. The van der Waals surface area contributed by atoms with Crippen LogP contribution < -0.4 is 0 Å². The first-order chi connectivity index (χ1) is 9.74. The van der Waals surface area contributed by atoms with Gasteiger partial charge in [0.1, 0.15) is 0 Å². The molecule has 1 aliphatic heterocycles. The molecule has 0 amide bonds. The Balaban J connectivity index is 1.80. The highest BCUT2D eigenvalue weighted by molar-refractivity contribution is 5.66. The van der Waals surface area contributed by atoms with Gasteiger partial charge < -0.3 is 9.84 Å². The Morgan fingerprint density at radius 2 is 1.80 bits per heavy atom. The van der Waals surface area contributed by atoms with Crippen LogP contribution in [0.5, 0.6) is 0 Å². The van der Waals surface area contributed by atoms with Gasteiger partial charge in [-0.3, -0.25) is 4.79 Å². The van der Waals surface area contributed by atoms with Gasteiger partial charge >= 0.3 is 5.97 Å². The lowest BCUT2D eigenvalue weighted by atomic mass is 10.1. The average molecular weight is 282 g/mol. The zero-order chi connectivity index (χ0) is 14.6. The second-order valence-corrected chi connectivity index (χ2v) is 5.76. The largest absolute Gasteiger partial charge is 0.481 e. The summed E-state index contributed by atoms with van der Waals surface area (Å²) < 4.78 is 5.61. The maximum absolute atomic E-state index is 10.3. The van der Waals surface area contributed by atoms with E-state index < -0.39 is 5.97 Å². The molecule has 0 bridgehead atoms. The van der Waals surface area contributed by atoms with Crippen molar-refractivity contribution in [2.75, 3.05) is 0 Å². The summed E-state index contributed by atoms with van der Waals surface area (Å²) in [6.45, 7) is 2.22. The monoisotopic (exact) mass is 282 g/mol. The first kappa shape index (κ1) is 17.2. The number of hydrogen-bond acceptors (Lipinski definition) is 2. The molecule has 20 heavy (non-hydrogen) atoms. The number of carboxylic acids is 1. The highest BCUT2D eigenvalue weighted by Gasteiger charge is 2.36. The molecule has 0 aromatic heterocycles. The van der Waals surface area contributed by atoms with Gasteiger partial charge in [0, 0.05) is 6.42 Å². The van der Waals surface area contributed by atoms with E-state index in [0.717, 1.165) is 32.1 Å². The van der Waals surface area contributed by atoms with Crippen LogP contribution >= 0.6 is 0 Å². The van der Waals surface area contributed by atoms with E-state index in [0.29, 0.717) is 18.6 Å². The lowest BCUT2D eigenvalue weighted by Gasteiger charge is -1.98. The van der Waals surface area contributed by atoms with E-state index in [-0.39, 0.29) is 0 Å². The highest BCUT2D eigenvalue weighted by atomic mass is 16.6. The fraction of sp³-hybridized carbons (Fsp3) is 0.824. The molecule has 2 atom stereocenters. The molecule has 1 N–H and O–H groups in total. The molecule has 0 aromatic rings. The molecule has 0 unspecified atom stereocenters. The molecule has 0 aromatic carbocycles. The molecule has 0 aliphatic carbocycles. The summed E-state index contributed by atoms with van der Waals surface area (Å²) in [7, 11) is 0. The molecule has 0 radical (unpaired) electrons. The predicted molar refractivity (Wildman–Crippen MR) is 81.9 cm³/mol. The summed E-state index contributed by atoms with van der Waals surface area (Å²) in [5, 5.41) is 8.51. The van der Waals surface area contributed by atoms with Crippen LogP contribution in [0, 0.1) is 0 Å². The van der Waals surface area contributed by atoms with Crippen LogP contribution in [0.15, 0.2) is 12.2 Å². The first-order valence-corrected chi connectivity index (χ1v) is 8.26. The molecule has 3 heteroatoms. The first-order valence-electron chi connectivity index (χ1n) is 8.26. The minimum atomic E-state index is -0.674. The molecule has 3 nitrogen and oxygen atoms in total. The van der Waals surface area contributed by atoms with Gasteiger partial charge in [-0.15, -0.1) is 0 Å². The van der Waals surface area contributed by atoms with Crippen LogP contribution in [-0.2, 0) is 9.53 Å². The number of aliphatic carboxylic acids is 1. The van der Waals surface area contributed by atoms with E-state index in [1.807, 2.05) is 0 Å². The summed E-state index contributed by atoms with van der Waals surface area (Å²) >= 11 is 0. The second kappa shape index (κ2) is 10.9. The second-order valence-electron chi connectivity index (χ2n) is 5.76. The average Bonchev–Trinajstić information content (AvgIpc) is 3.16. The molecule has 1 fully saturated rings. The Bertz CT molecular complexity index is 286. The van der Waals surface area contributed by atoms with Crippen molar-refractivity contribution in [2.45, 2.75) is 89.8 Å². The Morgan fingerprint density at radius 1 is 1.05 bits per heavy atom. The van der Waals surface area contributed by atoms with Crippen molar-refractivity contribution >= 4 is 5.97 Å². The summed E-state index contributed by atoms with van der Waals surface area (Å²) in [4.78, 5) is 10.3. The van der Waals surface area contributed by atoms with Crippen molar-refractivity contribution in [2.24, 2.45) is 0 Å². The highest BCUT2D eigenvalue weighted by Crippen LogP contribution is 2.30. The van der Waals surface area contributed by atoms with Gasteiger partial charge in [-0.1, -0.05) is 51.2 Å². The number of carboxylic acid groups (broad SMARTS) is 1. The van der Waals surface area contributed by atoms with Crippen molar-refractivity contribution in [1.82, 2.24) is 0 Å². The number of hydrogen-bond donors (Lipinski definition) is 1. The minimum Gasteiger partial charge on any atom is -0.481 e. The van der Waals surface area contributed by atoms with Crippen LogP contribution in [0.1, 0.15) is 77.6 Å². The molecule has 1 saturated heterocycles. The number of unbranched alkanes of at least 4 members (excludes halogenated alkanes) is 6. The maximum Gasteiger partial charge on any atom is 0.303 e. The van der Waals surface area contributed by atoms with Gasteiger partial charge in [0.05, 0.1) is 12.2 Å². The van der Waals surface area contributed by atoms with Gasteiger partial charge in [-0.2, -0.15) is 0 Å². The van der Waals surface area contributed by atoms with E-state index in [1.165, 1.54) is 32.1 Å². The van der Waals surface area contributed by atoms with E-state index in [2.05, 4.69) is 19.1 Å². The van der Waals surface area contributed by atoms with Crippen molar-refractivity contribution in [1.29, 1.82) is 0 Å². The van der Waals surface area contributed by atoms with Crippen LogP contribution in [-0.4, -0.2) is 23.3 Å². The number of epoxide rings is 1. The minimum absolute atomic E-state index is 0.320. The molecule has 1 rings (SSSR count). The Kier molecular flexibility index (Phi) is 9.38. The number of ether oxygens (including phenoxy) is 1. The third-order valence-corrected chi connectivity index (χ3v) is 3.83. The van der Waals surface area contributed by atoms with Gasteiger partial charge in [0.15, 0.2) is 0 Å². The summed E-state index contributed by atoms with van der Waals surface area (Å²) in [5.74, 6) is -0.674. The van der Waals surface area contributed by atoms with E-state index in [4.69, 9.17) is 9.84 Å². The topological polar surface area (TPSA) is 49.8 Å². The molecule has 116 valence electrons. The van der Waals surface area contributed by atoms with Crippen LogP contribution in [0.3, 0.4) is 0 Å². The van der Waals surface area contributed by atoms with Crippen LogP contribution in [0.4, 0.5) is 0 Å². The zero-order valence-electron chi connectivity index (χ0n) is 12.9. The number of rotatable bonds is 13. The lowest BCUT2D eigenvalue weighted by Crippen LogP contribution is -1.93. The van der Waals surface area contributed by atoms with E-state index in [1.54, 1.807) is 0 Å². The molecule has 1 aliphatic rings. The maximum atomic E-state index is 10.3. The summed E-state index contributed by atoms with van der Waals surface area (Å²) in [5.41, 5.74) is 0. The zero-order valence-corrected chi connectivity index (χ0v) is 12.9. The standard InChI is InChI=1S/C17H30O3/c1-2-3-12-15-16(20-15)13-10-8-6-4-5-7-9-11-14-17(18)19/h8,10,15-16H,2-7,9,11-14H2,1H3,(H,18,19)/b10-8-/t15-,16+/m1/s1. The molecule has 0 saturated carbocycles. The Labute approximate surface area is 123 Å². The fourth-order valence-corrected chi connectivity index (χ4v) is 2.46. The Hall–Kier alpha value is -0.830. The SMILES string of the molecule is CCCC[C@H]1O[C@H]1C/C=C\CCCCCCCC(=O)O. The third-order valence-electron chi connectivity index (χ3n) is 3.83. The van der Waals surface area contributed by atoms with Gasteiger partial charge in [0.25, 0.3) is 0 Å². The van der Waals surface area contributed by atoms with Gasteiger partial charge in [-0.05, 0) is 32.1 Å². The van der Waals surface area contributed by atoms with Crippen LogP contribution in [0.25, 0.3) is 0 Å². The lowest BCUT2D eigenvalue weighted by molar-refractivity contribution is -0.137. The van der Waals surface area contributed by atoms with E-state index in [9.17, 15) is 4.79 Å². The van der Waals surface area contributed by atoms with Gasteiger partial charge in [0.2, 0.25) is 0 Å². The number of carbonyl (C=O) groups is 1. The van der Waals surface area contributed by atoms with Crippen molar-refractivity contribution in [3.63, 3.8) is 0 Å². The van der Waals surface area contributed by atoms with E-state index >= 15 is 0 Å². The van der Waals surface area contributed by atoms with Crippen molar-refractivity contribution < 1.29 is 14.6 Å². The van der Waals surface area contributed by atoms with Crippen molar-refractivity contribution in [3.05, 3.63) is 12.2 Å². The normalized spacial score (nSPS) is 21.4. The van der Waals surface area contributed by atoms with Crippen molar-refractivity contribution in [3.8, 4) is 0 Å². The van der Waals surface area contributed by atoms with Gasteiger partial charge in [-0.25, -0.2) is 0 Å². The molecular weight excluding hydrogens is 252 g/mol. The summed E-state index contributed by atoms with van der Waals surface area (Å²) in [6.07, 6.45) is 17.3. The molecular formula is C17H30O3. The Morgan fingerprint density at radius 3 is 2.55 bits per heavy atom. The smallest absolute Gasteiger partial charge is 0.303 e. The summed E-state index contributed by atoms with van der Waals surface area (Å²) in [6, 6.07) is 0. The van der Waals surface area contributed by atoms with Crippen LogP contribution in [0.2, 0.25) is 0 Å². The molecule has 1 heterocycles. The third kappa shape index (κ3) is 9.13. The number of allylic oxidation sites excluding steroid dienone is 1.